The second-order valence-corrected chi connectivity index (χ2v) is 5.92. The molecule has 2 aromatic heterocycles. The fourth-order valence-corrected chi connectivity index (χ4v) is 3.05. The monoisotopic (exact) mass is 331 g/mol. The number of amides is 1. The minimum Gasteiger partial charge on any atom is -0.382 e. The Bertz CT molecular complexity index is 769. The zero-order valence-corrected chi connectivity index (χ0v) is 13.5. The van der Waals surface area contributed by atoms with Crippen LogP contribution in [0.4, 0.5) is 5.82 Å². The van der Waals surface area contributed by atoms with Gasteiger partial charge in [-0.1, -0.05) is 6.07 Å². The van der Waals surface area contributed by atoms with Gasteiger partial charge in [-0.3, -0.25) is 14.3 Å². The second kappa shape index (κ2) is 6.88. The summed E-state index contributed by atoms with van der Waals surface area (Å²) in [5, 5.41) is 4.18. The molecule has 0 saturated carbocycles. The van der Waals surface area contributed by atoms with E-state index in [0.29, 0.717) is 18.9 Å². The molecule has 0 spiro atoms. The number of carbonyl (C=O) groups is 1. The van der Waals surface area contributed by atoms with Crippen molar-refractivity contribution in [1.82, 2.24) is 19.2 Å². The van der Waals surface area contributed by atoms with E-state index >= 15 is 0 Å². The molecule has 1 fully saturated rings. The predicted octanol–water partition coefficient (Wildman–Crippen LogP) is -0.0569. The maximum Gasteiger partial charge on any atom is 0.250 e. The third-order valence-electron chi connectivity index (χ3n) is 4.29. The van der Waals surface area contributed by atoms with E-state index in [-0.39, 0.29) is 30.2 Å². The number of nitrogens with two attached hydrogens (primary N) is 1. The molecule has 3 rings (SSSR count). The number of aromatic nitrogens is 3. The smallest absolute Gasteiger partial charge is 0.250 e. The minimum absolute atomic E-state index is 0.0145. The number of pyridine rings is 1. The number of hydrogen-bond acceptors (Lipinski definition) is 5. The molecule has 8 heteroatoms. The van der Waals surface area contributed by atoms with Crippen LogP contribution in [0.25, 0.3) is 0 Å². The molecular weight excluding hydrogens is 310 g/mol. The summed E-state index contributed by atoms with van der Waals surface area (Å²) >= 11 is 0. The summed E-state index contributed by atoms with van der Waals surface area (Å²) in [4.78, 5) is 26.3. The standard InChI is InChI=1S/C16H21N5O3/c1-24-13-8-12(9-20-7-5-14(17)18-20)21(10-13)16(23)11-19-6-3-2-4-15(19)22/h2-7,12-13H,8-11H2,1H3,(H2,17,18)/t12-,13-/m0/s1. The molecule has 0 radical (unpaired) electrons. The van der Waals surface area contributed by atoms with Crippen molar-refractivity contribution in [2.24, 2.45) is 0 Å². The molecule has 0 unspecified atom stereocenters. The van der Waals surface area contributed by atoms with Crippen LogP contribution in [-0.4, -0.2) is 51.0 Å². The number of nitrogen functional groups attached to an aromatic ring is 1. The van der Waals surface area contributed by atoms with Gasteiger partial charge in [-0.25, -0.2) is 0 Å². The summed E-state index contributed by atoms with van der Waals surface area (Å²) < 4.78 is 8.56. The van der Waals surface area contributed by atoms with Gasteiger partial charge < -0.3 is 19.9 Å². The molecule has 2 N–H and O–H groups in total. The topological polar surface area (TPSA) is 95.4 Å². The Morgan fingerprint density at radius 1 is 1.38 bits per heavy atom. The van der Waals surface area contributed by atoms with E-state index < -0.39 is 0 Å². The highest BCUT2D eigenvalue weighted by atomic mass is 16.5. The van der Waals surface area contributed by atoms with Gasteiger partial charge in [0.25, 0.3) is 5.56 Å². The van der Waals surface area contributed by atoms with Gasteiger partial charge in [0.05, 0.1) is 18.7 Å². The van der Waals surface area contributed by atoms with Gasteiger partial charge in [-0.2, -0.15) is 5.10 Å². The van der Waals surface area contributed by atoms with Crippen molar-refractivity contribution >= 4 is 11.7 Å². The maximum atomic E-state index is 12.7. The fraction of sp³-hybridized carbons (Fsp3) is 0.438. The Kier molecular flexibility index (Phi) is 4.66. The van der Waals surface area contributed by atoms with E-state index in [1.165, 1.54) is 10.6 Å². The van der Waals surface area contributed by atoms with Gasteiger partial charge in [0.1, 0.15) is 12.4 Å². The lowest BCUT2D eigenvalue weighted by atomic mass is 10.2. The van der Waals surface area contributed by atoms with Crippen molar-refractivity contribution in [1.29, 1.82) is 0 Å². The molecule has 3 heterocycles. The summed E-state index contributed by atoms with van der Waals surface area (Å²) in [7, 11) is 1.64. The Hall–Kier alpha value is -2.61. The first-order valence-electron chi connectivity index (χ1n) is 7.83. The van der Waals surface area contributed by atoms with Crippen molar-refractivity contribution in [2.75, 3.05) is 19.4 Å². The second-order valence-electron chi connectivity index (χ2n) is 5.92. The van der Waals surface area contributed by atoms with Gasteiger partial charge in [0.15, 0.2) is 0 Å². The average Bonchev–Trinajstić information content (AvgIpc) is 3.16. The number of methoxy groups -OCH3 is 1. The van der Waals surface area contributed by atoms with E-state index in [0.717, 1.165) is 6.42 Å². The average molecular weight is 331 g/mol. The van der Waals surface area contributed by atoms with Crippen molar-refractivity contribution < 1.29 is 9.53 Å². The first kappa shape index (κ1) is 16.3. The molecule has 128 valence electrons. The number of rotatable bonds is 5. The predicted molar refractivity (Wildman–Crippen MR) is 88.3 cm³/mol. The lowest BCUT2D eigenvalue weighted by Gasteiger charge is -2.24. The molecule has 0 aliphatic carbocycles. The first-order chi connectivity index (χ1) is 11.6. The number of nitrogens with zero attached hydrogens (tertiary/aromatic N) is 4. The molecule has 0 aromatic carbocycles. The lowest BCUT2D eigenvalue weighted by Crippen LogP contribution is -2.41. The fourth-order valence-electron chi connectivity index (χ4n) is 3.05. The molecule has 1 aliphatic heterocycles. The number of anilines is 1. The van der Waals surface area contributed by atoms with Crippen LogP contribution in [0.15, 0.2) is 41.5 Å². The largest absolute Gasteiger partial charge is 0.382 e. The quantitative estimate of drug-likeness (QED) is 0.828. The highest BCUT2D eigenvalue weighted by molar-refractivity contribution is 5.76. The SMILES string of the molecule is CO[C@H]1C[C@@H](Cn2ccc(N)n2)N(C(=O)Cn2ccccc2=O)C1. The van der Waals surface area contributed by atoms with Gasteiger partial charge in [0, 0.05) is 32.1 Å². The Morgan fingerprint density at radius 2 is 2.21 bits per heavy atom. The van der Waals surface area contributed by atoms with Crippen LogP contribution in [-0.2, 0) is 22.6 Å². The summed E-state index contributed by atoms with van der Waals surface area (Å²) in [6, 6.07) is 6.52. The summed E-state index contributed by atoms with van der Waals surface area (Å²) in [6.07, 6.45) is 4.12. The summed E-state index contributed by atoms with van der Waals surface area (Å²) in [6.45, 7) is 1.08. The number of ether oxygens (including phenoxy) is 1. The highest BCUT2D eigenvalue weighted by Crippen LogP contribution is 2.22. The normalized spacial score (nSPS) is 20.5. The number of likely N-dealkylation sites (tertiary alicyclic amines) is 1. The third kappa shape index (κ3) is 3.48. The Morgan fingerprint density at radius 3 is 2.88 bits per heavy atom. The summed E-state index contributed by atoms with van der Waals surface area (Å²) in [5.74, 6) is 0.345. The summed E-state index contributed by atoms with van der Waals surface area (Å²) in [5.41, 5.74) is 5.45. The molecule has 1 aliphatic rings. The molecule has 2 atom stereocenters. The number of carbonyl (C=O) groups excluding carboxylic acids is 1. The molecule has 8 nitrogen and oxygen atoms in total. The lowest BCUT2D eigenvalue weighted by molar-refractivity contribution is -0.133. The van der Waals surface area contributed by atoms with Crippen molar-refractivity contribution in [3.05, 3.63) is 47.0 Å². The Balaban J connectivity index is 1.74. The zero-order chi connectivity index (χ0) is 17.1. The van der Waals surface area contributed by atoms with Crippen LogP contribution in [0.2, 0.25) is 0 Å². The highest BCUT2D eigenvalue weighted by Gasteiger charge is 2.35. The Labute approximate surface area is 139 Å². The van der Waals surface area contributed by atoms with Crippen LogP contribution in [0.1, 0.15) is 6.42 Å². The van der Waals surface area contributed by atoms with E-state index in [9.17, 15) is 9.59 Å². The van der Waals surface area contributed by atoms with Crippen molar-refractivity contribution in [3.63, 3.8) is 0 Å². The molecular formula is C16H21N5O3. The van der Waals surface area contributed by atoms with Crippen LogP contribution in [0.3, 0.4) is 0 Å². The van der Waals surface area contributed by atoms with Crippen molar-refractivity contribution in [2.45, 2.75) is 31.7 Å². The zero-order valence-electron chi connectivity index (χ0n) is 13.5. The van der Waals surface area contributed by atoms with E-state index in [1.807, 2.05) is 0 Å². The molecule has 1 saturated heterocycles. The van der Waals surface area contributed by atoms with Gasteiger partial charge in [-0.05, 0) is 18.6 Å². The first-order valence-corrected chi connectivity index (χ1v) is 7.83. The van der Waals surface area contributed by atoms with Gasteiger partial charge >= 0.3 is 0 Å². The van der Waals surface area contributed by atoms with Crippen LogP contribution in [0, 0.1) is 0 Å². The minimum atomic E-state index is -0.190. The van der Waals surface area contributed by atoms with Crippen LogP contribution < -0.4 is 11.3 Å². The maximum absolute atomic E-state index is 12.7. The molecule has 1 amide bonds. The van der Waals surface area contributed by atoms with Gasteiger partial charge in [-0.15, -0.1) is 0 Å². The van der Waals surface area contributed by atoms with Crippen LogP contribution >= 0.6 is 0 Å². The molecule has 0 bridgehead atoms. The van der Waals surface area contributed by atoms with E-state index in [4.69, 9.17) is 10.5 Å². The van der Waals surface area contributed by atoms with Crippen LogP contribution in [0.5, 0.6) is 0 Å². The van der Waals surface area contributed by atoms with E-state index in [1.54, 1.807) is 47.3 Å². The third-order valence-corrected chi connectivity index (χ3v) is 4.29. The molecule has 24 heavy (non-hydrogen) atoms. The molecule has 2 aromatic rings. The number of hydrogen-bond donors (Lipinski definition) is 1. The van der Waals surface area contributed by atoms with E-state index in [2.05, 4.69) is 5.10 Å². The van der Waals surface area contributed by atoms with Gasteiger partial charge in [0.2, 0.25) is 5.91 Å². The van der Waals surface area contributed by atoms with Crippen molar-refractivity contribution in [3.8, 4) is 0 Å².